The van der Waals surface area contributed by atoms with Crippen LogP contribution in [0.4, 0.5) is 5.69 Å². The molecule has 1 aromatic heterocycles. The summed E-state index contributed by atoms with van der Waals surface area (Å²) in [7, 11) is 1.79. The molecule has 0 saturated carbocycles. The predicted octanol–water partition coefficient (Wildman–Crippen LogP) is 2.83. The first-order valence-corrected chi connectivity index (χ1v) is 12.6. The number of likely N-dealkylation sites (N-methyl/N-ethyl adjacent to an activating group) is 1. The summed E-state index contributed by atoms with van der Waals surface area (Å²) in [5.41, 5.74) is 5.85. The van der Waals surface area contributed by atoms with Gasteiger partial charge in [0.05, 0.1) is 12.2 Å². The van der Waals surface area contributed by atoms with Gasteiger partial charge >= 0.3 is 0 Å². The Morgan fingerprint density at radius 2 is 1.92 bits per heavy atom. The minimum atomic E-state index is -0.100. The van der Waals surface area contributed by atoms with Crippen molar-refractivity contribution in [2.24, 2.45) is 0 Å². The van der Waals surface area contributed by atoms with Crippen LogP contribution in [-0.2, 0) is 22.7 Å². The van der Waals surface area contributed by atoms with Crippen molar-refractivity contribution in [2.45, 2.75) is 45.8 Å². The van der Waals surface area contributed by atoms with E-state index in [-0.39, 0.29) is 30.9 Å². The average molecular weight is 491 g/mol. The van der Waals surface area contributed by atoms with E-state index in [0.717, 1.165) is 47.3 Å². The molecule has 2 aliphatic rings. The molecule has 3 heterocycles. The van der Waals surface area contributed by atoms with Crippen LogP contribution < -0.4 is 10.6 Å². The van der Waals surface area contributed by atoms with Crippen molar-refractivity contribution in [3.8, 4) is 0 Å². The fraction of sp³-hybridized carbons (Fsp3) is 0.444. The monoisotopic (exact) mass is 490 g/mol. The number of hydrogen-bond donors (Lipinski definition) is 2. The minimum Gasteiger partial charge on any atom is -0.376 e. The molecular weight excluding hydrogens is 456 g/mol. The number of aryl methyl sites for hydroxylation is 2. The number of carbonyl (C=O) groups excluding carboxylic acids is 2. The van der Waals surface area contributed by atoms with Gasteiger partial charge in [0.1, 0.15) is 6.54 Å². The molecule has 0 radical (unpaired) electrons. The fourth-order valence-electron chi connectivity index (χ4n) is 5.06. The van der Waals surface area contributed by atoms with Crippen molar-refractivity contribution >= 4 is 28.5 Å². The van der Waals surface area contributed by atoms with E-state index in [0.29, 0.717) is 19.6 Å². The summed E-state index contributed by atoms with van der Waals surface area (Å²) >= 11 is 0. The van der Waals surface area contributed by atoms with Gasteiger partial charge in [0.15, 0.2) is 5.58 Å². The van der Waals surface area contributed by atoms with Crippen LogP contribution in [0.5, 0.6) is 0 Å². The van der Waals surface area contributed by atoms with Gasteiger partial charge in [-0.15, -0.1) is 0 Å². The molecule has 36 heavy (non-hydrogen) atoms. The second kappa shape index (κ2) is 10.3. The number of fused-ring (bicyclic) bond motifs is 2. The zero-order chi connectivity index (χ0) is 25.2. The molecule has 0 bridgehead atoms. The van der Waals surface area contributed by atoms with Crippen LogP contribution in [0.15, 0.2) is 40.9 Å². The zero-order valence-electron chi connectivity index (χ0n) is 21.2. The Morgan fingerprint density at radius 3 is 2.61 bits per heavy atom. The van der Waals surface area contributed by atoms with E-state index in [4.69, 9.17) is 4.52 Å². The number of carbonyl (C=O) groups is 2. The number of hydrazine groups is 1. The first kappa shape index (κ1) is 24.3. The van der Waals surface area contributed by atoms with Crippen LogP contribution in [0, 0.1) is 13.8 Å². The Hall–Kier alpha value is -3.43. The first-order chi connectivity index (χ1) is 17.4. The third-order valence-corrected chi connectivity index (χ3v) is 7.32. The third-order valence-electron chi connectivity index (χ3n) is 7.32. The van der Waals surface area contributed by atoms with Crippen LogP contribution in [0.25, 0.3) is 11.0 Å². The SMILES string of the molecule is Cc1cc2onc(C)c2cc1NCC(=O)N(CC(=O)N(C)N1Cc2ccccc2C1)C[C@@H]1CCCN1. The van der Waals surface area contributed by atoms with Gasteiger partial charge in [0, 0.05) is 43.8 Å². The van der Waals surface area contributed by atoms with E-state index in [1.54, 1.807) is 17.0 Å². The van der Waals surface area contributed by atoms with Gasteiger partial charge in [0.25, 0.3) is 5.91 Å². The number of hydrogen-bond acceptors (Lipinski definition) is 7. The molecule has 1 saturated heterocycles. The maximum absolute atomic E-state index is 13.4. The van der Waals surface area contributed by atoms with Crippen molar-refractivity contribution in [1.29, 1.82) is 0 Å². The van der Waals surface area contributed by atoms with E-state index >= 15 is 0 Å². The molecule has 2 aliphatic heterocycles. The highest BCUT2D eigenvalue weighted by Crippen LogP contribution is 2.26. The molecule has 190 valence electrons. The van der Waals surface area contributed by atoms with E-state index < -0.39 is 0 Å². The number of amides is 2. The lowest BCUT2D eigenvalue weighted by Gasteiger charge is -2.32. The lowest BCUT2D eigenvalue weighted by Crippen LogP contribution is -2.50. The molecule has 1 fully saturated rings. The Kier molecular flexibility index (Phi) is 6.93. The number of nitrogens with zero attached hydrogens (tertiary/aromatic N) is 4. The van der Waals surface area contributed by atoms with Gasteiger partial charge in [-0.05, 0) is 62.1 Å². The quantitative estimate of drug-likeness (QED) is 0.502. The van der Waals surface area contributed by atoms with Crippen molar-refractivity contribution in [3.05, 3.63) is 58.8 Å². The number of nitrogens with one attached hydrogen (secondary N) is 2. The number of benzene rings is 2. The number of rotatable bonds is 8. The van der Waals surface area contributed by atoms with Crippen LogP contribution in [0.2, 0.25) is 0 Å². The molecule has 2 N–H and O–H groups in total. The highest BCUT2D eigenvalue weighted by Gasteiger charge is 2.28. The molecule has 0 unspecified atom stereocenters. The van der Waals surface area contributed by atoms with Crippen molar-refractivity contribution in [2.75, 3.05) is 38.5 Å². The topological polar surface area (TPSA) is 93.9 Å². The van der Waals surface area contributed by atoms with E-state index in [2.05, 4.69) is 27.9 Å². The Morgan fingerprint density at radius 1 is 1.17 bits per heavy atom. The summed E-state index contributed by atoms with van der Waals surface area (Å²) in [5, 5.41) is 15.4. The van der Waals surface area contributed by atoms with Crippen molar-refractivity contribution in [3.63, 3.8) is 0 Å². The highest BCUT2D eigenvalue weighted by molar-refractivity contribution is 5.89. The zero-order valence-corrected chi connectivity index (χ0v) is 21.2. The van der Waals surface area contributed by atoms with Gasteiger partial charge in [0.2, 0.25) is 5.91 Å². The molecule has 2 aromatic carbocycles. The van der Waals surface area contributed by atoms with Gasteiger partial charge in [-0.2, -0.15) is 0 Å². The maximum Gasteiger partial charge on any atom is 0.256 e. The summed E-state index contributed by atoms with van der Waals surface area (Å²) in [6.45, 7) is 6.88. The second-order valence-electron chi connectivity index (χ2n) is 9.86. The fourth-order valence-corrected chi connectivity index (χ4v) is 5.06. The smallest absolute Gasteiger partial charge is 0.256 e. The molecule has 0 aliphatic carbocycles. The lowest BCUT2D eigenvalue weighted by molar-refractivity contribution is -0.151. The Labute approximate surface area is 211 Å². The first-order valence-electron chi connectivity index (χ1n) is 12.6. The maximum atomic E-state index is 13.4. The van der Waals surface area contributed by atoms with Gasteiger partial charge in [-0.1, -0.05) is 29.4 Å². The molecule has 5 rings (SSSR count). The minimum absolute atomic E-state index is 0.0464. The van der Waals surface area contributed by atoms with E-state index in [1.165, 1.54) is 11.1 Å². The molecule has 3 aromatic rings. The van der Waals surface area contributed by atoms with Crippen molar-refractivity contribution in [1.82, 2.24) is 25.4 Å². The van der Waals surface area contributed by atoms with E-state index in [9.17, 15) is 9.59 Å². The number of aromatic nitrogens is 1. The summed E-state index contributed by atoms with van der Waals surface area (Å²) in [6.07, 6.45) is 2.09. The van der Waals surface area contributed by atoms with Crippen LogP contribution in [0.3, 0.4) is 0 Å². The molecule has 9 nitrogen and oxygen atoms in total. The highest BCUT2D eigenvalue weighted by atomic mass is 16.5. The second-order valence-corrected chi connectivity index (χ2v) is 9.86. The molecule has 2 amide bonds. The lowest BCUT2D eigenvalue weighted by atomic mass is 10.1. The Bertz CT molecular complexity index is 1240. The largest absolute Gasteiger partial charge is 0.376 e. The summed E-state index contributed by atoms with van der Waals surface area (Å²) in [5.74, 6) is -0.191. The molecule has 1 atom stereocenters. The average Bonchev–Trinajstić information content (AvgIpc) is 3.62. The van der Waals surface area contributed by atoms with Gasteiger partial charge in [-0.3, -0.25) is 14.6 Å². The van der Waals surface area contributed by atoms with Crippen molar-refractivity contribution < 1.29 is 14.1 Å². The third kappa shape index (κ3) is 5.08. The standard InChI is InChI=1S/C27H34N6O3/c1-18-11-25-23(19(2)30-36-25)12-24(18)29-13-26(34)32(16-22-9-6-10-28-22)17-27(35)31(3)33-14-20-7-4-5-8-21(20)15-33/h4-5,7-8,11-12,22,28-29H,6,9-10,13-17H2,1-3H3/t22-/m0/s1. The van der Waals surface area contributed by atoms with Crippen LogP contribution in [-0.4, -0.2) is 71.2 Å². The van der Waals surface area contributed by atoms with Gasteiger partial charge in [-0.25, -0.2) is 5.01 Å². The van der Waals surface area contributed by atoms with Crippen LogP contribution in [0.1, 0.15) is 35.2 Å². The molecular formula is C27H34N6O3. The summed E-state index contributed by atoms with van der Waals surface area (Å²) in [6, 6.07) is 12.3. The summed E-state index contributed by atoms with van der Waals surface area (Å²) < 4.78 is 5.35. The normalized spacial score (nSPS) is 17.4. The summed E-state index contributed by atoms with van der Waals surface area (Å²) in [4.78, 5) is 28.4. The van der Waals surface area contributed by atoms with Crippen LogP contribution >= 0.6 is 0 Å². The number of anilines is 1. The molecule has 9 heteroatoms. The molecule has 0 spiro atoms. The predicted molar refractivity (Wildman–Crippen MR) is 138 cm³/mol. The van der Waals surface area contributed by atoms with Gasteiger partial charge < -0.3 is 20.1 Å². The Balaban J connectivity index is 1.25. The van der Waals surface area contributed by atoms with E-state index in [1.807, 2.05) is 43.1 Å².